The number of hydrogen-bond acceptors (Lipinski definition) is 1. The molecular formula is C20H32ClN3. The fraction of sp³-hybridized carbons (Fsp3) is 0.600. The maximum absolute atomic E-state index is 5.12. The van der Waals surface area contributed by atoms with Gasteiger partial charge >= 0.3 is 5.84 Å². The van der Waals surface area contributed by atoms with Gasteiger partial charge in [-0.05, 0) is 42.8 Å². The predicted octanol–water partition coefficient (Wildman–Crippen LogP) is 1.15. The maximum atomic E-state index is 5.12. The summed E-state index contributed by atoms with van der Waals surface area (Å²) in [5, 5.41) is 0. The minimum Gasteiger partial charge on any atom is -1.00 e. The SMILES string of the molecule is CCCN(CCC)C1=NC(=[N+](CCC)CCC)c2ccccc21.[Cl-]. The summed E-state index contributed by atoms with van der Waals surface area (Å²) in [5.74, 6) is 2.35. The van der Waals surface area contributed by atoms with Crippen molar-refractivity contribution in [1.82, 2.24) is 4.90 Å². The van der Waals surface area contributed by atoms with Gasteiger partial charge in [0.25, 0.3) is 5.84 Å². The number of hydrogen-bond donors (Lipinski definition) is 0. The largest absolute Gasteiger partial charge is 1.00 e. The van der Waals surface area contributed by atoms with E-state index in [0.29, 0.717) is 0 Å². The van der Waals surface area contributed by atoms with Gasteiger partial charge in [0, 0.05) is 13.1 Å². The minimum absolute atomic E-state index is 0. The number of halogens is 1. The number of nitrogens with zero attached hydrogens (tertiary/aromatic N) is 3. The Bertz CT molecular complexity index is 564. The van der Waals surface area contributed by atoms with Crippen molar-refractivity contribution in [2.75, 3.05) is 26.2 Å². The van der Waals surface area contributed by atoms with Gasteiger partial charge in [-0.3, -0.25) is 4.58 Å². The molecule has 0 atom stereocenters. The molecule has 0 saturated heterocycles. The van der Waals surface area contributed by atoms with Crippen LogP contribution in [0.2, 0.25) is 0 Å². The van der Waals surface area contributed by atoms with Crippen LogP contribution in [0.1, 0.15) is 64.5 Å². The first-order valence-electron chi connectivity index (χ1n) is 9.32. The minimum atomic E-state index is 0. The number of fused-ring (bicyclic) bond motifs is 1. The van der Waals surface area contributed by atoms with E-state index in [9.17, 15) is 0 Å². The van der Waals surface area contributed by atoms with Crippen LogP contribution in [-0.2, 0) is 0 Å². The van der Waals surface area contributed by atoms with E-state index < -0.39 is 0 Å². The van der Waals surface area contributed by atoms with Gasteiger partial charge in [-0.2, -0.15) is 0 Å². The van der Waals surface area contributed by atoms with Crippen molar-refractivity contribution in [1.29, 1.82) is 0 Å². The van der Waals surface area contributed by atoms with E-state index in [0.717, 1.165) is 51.9 Å². The first-order chi connectivity index (χ1) is 11.3. The van der Waals surface area contributed by atoms with E-state index in [4.69, 9.17) is 4.99 Å². The zero-order valence-electron chi connectivity index (χ0n) is 15.7. The molecule has 0 saturated carbocycles. The Morgan fingerprint density at radius 1 is 0.833 bits per heavy atom. The number of aliphatic imine (C=N–C) groups is 1. The highest BCUT2D eigenvalue weighted by molar-refractivity contribution is 6.20. The molecule has 1 aromatic rings. The van der Waals surface area contributed by atoms with Gasteiger partial charge < -0.3 is 17.3 Å². The van der Waals surface area contributed by atoms with Crippen LogP contribution in [0.15, 0.2) is 29.3 Å². The molecule has 24 heavy (non-hydrogen) atoms. The van der Waals surface area contributed by atoms with Gasteiger partial charge in [-0.15, -0.1) is 0 Å². The normalized spacial score (nSPS) is 12.5. The molecule has 2 rings (SSSR count). The third-order valence-electron chi connectivity index (χ3n) is 4.19. The molecule has 1 aromatic carbocycles. The Balaban J connectivity index is 0.00000288. The summed E-state index contributed by atoms with van der Waals surface area (Å²) in [5.41, 5.74) is 2.61. The monoisotopic (exact) mass is 349 g/mol. The first kappa shape index (κ1) is 20.7. The van der Waals surface area contributed by atoms with Gasteiger partial charge in [0.15, 0.2) is 0 Å². The van der Waals surface area contributed by atoms with E-state index in [1.54, 1.807) is 0 Å². The molecule has 0 aromatic heterocycles. The lowest BCUT2D eigenvalue weighted by Gasteiger charge is -2.20. The summed E-state index contributed by atoms with van der Waals surface area (Å²) < 4.78 is 2.46. The van der Waals surface area contributed by atoms with Gasteiger partial charge in [-0.25, -0.2) is 0 Å². The molecule has 0 spiro atoms. The molecule has 3 nitrogen and oxygen atoms in total. The van der Waals surface area contributed by atoms with Crippen LogP contribution in [0.4, 0.5) is 0 Å². The summed E-state index contributed by atoms with van der Waals surface area (Å²) >= 11 is 0. The van der Waals surface area contributed by atoms with E-state index in [2.05, 4.69) is 61.4 Å². The van der Waals surface area contributed by atoms with Gasteiger partial charge in [-0.1, -0.05) is 39.8 Å². The van der Waals surface area contributed by atoms with Gasteiger partial charge in [0.1, 0.15) is 0 Å². The number of rotatable bonds is 8. The molecule has 1 aliphatic heterocycles. The third kappa shape index (κ3) is 4.60. The Morgan fingerprint density at radius 3 is 1.88 bits per heavy atom. The average Bonchev–Trinajstić information content (AvgIpc) is 2.94. The molecule has 134 valence electrons. The summed E-state index contributed by atoms with van der Waals surface area (Å²) in [6.07, 6.45) is 4.63. The standard InChI is InChI=1S/C20H32N3.ClH/c1-5-13-22(14-6-2)19-17-11-9-10-12-18(17)20(21-19)23(15-7-3)16-8-4;/h9-12H,5-8,13-16H2,1-4H3;1H/q+1;/p-1. The second-order valence-corrected chi connectivity index (χ2v) is 6.28. The Hall–Kier alpha value is -1.35. The molecular weight excluding hydrogens is 318 g/mol. The topological polar surface area (TPSA) is 18.6 Å². The molecule has 0 radical (unpaired) electrons. The van der Waals surface area contributed by atoms with Crippen LogP contribution < -0.4 is 12.4 Å². The van der Waals surface area contributed by atoms with Crippen LogP contribution >= 0.6 is 0 Å². The Kier molecular flexibility index (Phi) is 9.05. The number of amidine groups is 2. The zero-order valence-corrected chi connectivity index (χ0v) is 16.4. The van der Waals surface area contributed by atoms with Crippen molar-refractivity contribution in [2.45, 2.75) is 53.4 Å². The number of benzene rings is 1. The Labute approximate surface area is 153 Å². The third-order valence-corrected chi connectivity index (χ3v) is 4.19. The molecule has 1 aliphatic rings. The molecule has 0 amide bonds. The summed E-state index contributed by atoms with van der Waals surface area (Å²) in [6, 6.07) is 8.74. The van der Waals surface area contributed by atoms with Crippen LogP contribution in [0.25, 0.3) is 0 Å². The summed E-state index contributed by atoms with van der Waals surface area (Å²) in [7, 11) is 0. The highest BCUT2D eigenvalue weighted by Crippen LogP contribution is 2.22. The lowest BCUT2D eigenvalue weighted by Crippen LogP contribution is -3.00. The summed E-state index contributed by atoms with van der Waals surface area (Å²) in [6.45, 7) is 13.3. The molecule has 0 unspecified atom stereocenters. The highest BCUT2D eigenvalue weighted by Gasteiger charge is 2.34. The molecule has 0 bridgehead atoms. The predicted molar refractivity (Wildman–Crippen MR) is 99.8 cm³/mol. The van der Waals surface area contributed by atoms with Gasteiger partial charge in [0.2, 0.25) is 0 Å². The van der Waals surface area contributed by atoms with Crippen molar-refractivity contribution >= 4 is 11.7 Å². The van der Waals surface area contributed by atoms with E-state index in [-0.39, 0.29) is 12.4 Å². The fourth-order valence-corrected chi connectivity index (χ4v) is 3.30. The van der Waals surface area contributed by atoms with Crippen LogP contribution in [0.3, 0.4) is 0 Å². The fourth-order valence-electron chi connectivity index (χ4n) is 3.30. The van der Waals surface area contributed by atoms with Crippen molar-refractivity contribution < 1.29 is 17.0 Å². The van der Waals surface area contributed by atoms with Crippen LogP contribution in [0, 0.1) is 0 Å². The van der Waals surface area contributed by atoms with Crippen molar-refractivity contribution in [3.63, 3.8) is 0 Å². The molecule has 0 aliphatic carbocycles. The second kappa shape index (κ2) is 10.5. The van der Waals surface area contributed by atoms with Crippen LogP contribution in [-0.4, -0.2) is 47.3 Å². The average molecular weight is 350 g/mol. The lowest BCUT2D eigenvalue weighted by atomic mass is 10.1. The Morgan fingerprint density at radius 2 is 1.38 bits per heavy atom. The van der Waals surface area contributed by atoms with E-state index >= 15 is 0 Å². The summed E-state index contributed by atoms with van der Waals surface area (Å²) in [4.78, 5) is 7.58. The van der Waals surface area contributed by atoms with E-state index in [1.165, 1.54) is 22.8 Å². The van der Waals surface area contributed by atoms with Crippen molar-refractivity contribution in [3.8, 4) is 0 Å². The maximum Gasteiger partial charge on any atom is 0.329 e. The van der Waals surface area contributed by atoms with Crippen molar-refractivity contribution in [2.24, 2.45) is 4.99 Å². The molecule has 4 heteroatoms. The molecule has 0 fully saturated rings. The highest BCUT2D eigenvalue weighted by atomic mass is 35.5. The molecule has 0 N–H and O–H groups in total. The van der Waals surface area contributed by atoms with E-state index in [1.807, 2.05) is 0 Å². The quantitative estimate of drug-likeness (QED) is 0.644. The molecule has 1 heterocycles. The van der Waals surface area contributed by atoms with Crippen LogP contribution in [0.5, 0.6) is 0 Å². The lowest BCUT2D eigenvalue weighted by molar-refractivity contribution is -0.528. The van der Waals surface area contributed by atoms with Gasteiger partial charge in [0.05, 0.1) is 24.2 Å². The van der Waals surface area contributed by atoms with Crippen molar-refractivity contribution in [3.05, 3.63) is 35.4 Å². The smallest absolute Gasteiger partial charge is 0.329 e. The zero-order chi connectivity index (χ0) is 16.7. The second-order valence-electron chi connectivity index (χ2n) is 6.28. The first-order valence-corrected chi connectivity index (χ1v) is 9.32.